The summed E-state index contributed by atoms with van der Waals surface area (Å²) in [5, 5.41) is 26.6. The van der Waals surface area contributed by atoms with Crippen LogP contribution >= 0.6 is 0 Å². The summed E-state index contributed by atoms with van der Waals surface area (Å²) in [5.74, 6) is -0.440. The smallest absolute Gasteiger partial charge is 0.306 e. The molecule has 25 heavy (non-hydrogen) atoms. The van der Waals surface area contributed by atoms with Gasteiger partial charge in [0.25, 0.3) is 0 Å². The molecule has 1 aliphatic rings. The van der Waals surface area contributed by atoms with Gasteiger partial charge >= 0.3 is 5.97 Å². The van der Waals surface area contributed by atoms with Gasteiger partial charge in [-0.25, -0.2) is 9.67 Å². The highest BCUT2D eigenvalue weighted by molar-refractivity contribution is 5.70. The van der Waals surface area contributed by atoms with Crippen LogP contribution in [0.3, 0.4) is 0 Å². The summed E-state index contributed by atoms with van der Waals surface area (Å²) in [5.41, 5.74) is 2.46. The Labute approximate surface area is 145 Å². The molecule has 0 aliphatic heterocycles. The fraction of sp³-hybridized carbons (Fsp3) is 0.529. The van der Waals surface area contributed by atoms with Gasteiger partial charge in [0, 0.05) is 7.05 Å². The van der Waals surface area contributed by atoms with Crippen molar-refractivity contribution in [2.45, 2.75) is 45.3 Å². The Kier molecular flexibility index (Phi) is 4.98. The minimum Gasteiger partial charge on any atom is -0.489 e. The molecule has 2 heterocycles. The zero-order valence-electron chi connectivity index (χ0n) is 14.3. The number of aromatic nitrogens is 4. The zero-order valence-corrected chi connectivity index (χ0v) is 14.3. The molecule has 8 nitrogen and oxygen atoms in total. The predicted molar refractivity (Wildman–Crippen MR) is 88.9 cm³/mol. The lowest BCUT2D eigenvalue weighted by atomic mass is 9.87. The molecule has 0 aromatic carbocycles. The number of rotatable bonds is 5. The van der Waals surface area contributed by atoms with Crippen molar-refractivity contribution in [1.82, 2.24) is 20.0 Å². The minimum atomic E-state index is -0.752. The fourth-order valence-corrected chi connectivity index (χ4v) is 3.21. The molecule has 0 bridgehead atoms. The van der Waals surface area contributed by atoms with Crippen molar-refractivity contribution in [3.8, 4) is 17.1 Å². The van der Waals surface area contributed by atoms with Crippen LogP contribution in [0.25, 0.3) is 11.4 Å². The van der Waals surface area contributed by atoms with Crippen LogP contribution in [0.15, 0.2) is 12.1 Å². The normalized spacial score (nSPS) is 20.4. The Morgan fingerprint density at radius 1 is 1.40 bits per heavy atom. The van der Waals surface area contributed by atoms with Gasteiger partial charge in [-0.1, -0.05) is 5.21 Å². The van der Waals surface area contributed by atoms with Gasteiger partial charge in [0.2, 0.25) is 0 Å². The summed E-state index contributed by atoms with van der Waals surface area (Å²) in [6.45, 7) is 1.67. The average molecular weight is 346 g/mol. The summed E-state index contributed by atoms with van der Waals surface area (Å²) in [7, 11) is 1.72. The standard InChI is InChI=1S/C17H22N4O4/c1-10-15(25-12-5-3-4-11(8-12)17(23)24)7-6-13(18-10)16-14(9-22)21(2)20-19-16/h6-7,11-12,22H,3-5,8-9H2,1-2H3,(H,23,24)/t11-,12+/m1/s1. The number of carbonyl (C=O) groups is 1. The highest BCUT2D eigenvalue weighted by atomic mass is 16.5. The highest BCUT2D eigenvalue weighted by Gasteiger charge is 2.28. The third-order valence-electron chi connectivity index (χ3n) is 4.64. The van der Waals surface area contributed by atoms with Crippen molar-refractivity contribution in [3.63, 3.8) is 0 Å². The van der Waals surface area contributed by atoms with Crippen LogP contribution < -0.4 is 4.74 Å². The first kappa shape index (κ1) is 17.3. The fourth-order valence-electron chi connectivity index (χ4n) is 3.21. The Bertz CT molecular complexity index is 774. The van der Waals surface area contributed by atoms with E-state index >= 15 is 0 Å². The van der Waals surface area contributed by atoms with E-state index in [1.807, 2.05) is 13.0 Å². The van der Waals surface area contributed by atoms with E-state index in [1.54, 1.807) is 13.1 Å². The molecule has 1 fully saturated rings. The summed E-state index contributed by atoms with van der Waals surface area (Å²) in [6.07, 6.45) is 2.83. The molecule has 0 spiro atoms. The van der Waals surface area contributed by atoms with E-state index in [0.717, 1.165) is 12.8 Å². The molecule has 134 valence electrons. The van der Waals surface area contributed by atoms with Gasteiger partial charge in [-0.3, -0.25) is 4.79 Å². The maximum atomic E-state index is 11.2. The molecule has 2 N–H and O–H groups in total. The van der Waals surface area contributed by atoms with E-state index < -0.39 is 5.97 Å². The highest BCUT2D eigenvalue weighted by Crippen LogP contribution is 2.30. The van der Waals surface area contributed by atoms with E-state index in [1.165, 1.54) is 4.68 Å². The number of pyridine rings is 1. The van der Waals surface area contributed by atoms with Crippen molar-refractivity contribution in [2.75, 3.05) is 0 Å². The van der Waals surface area contributed by atoms with Gasteiger partial charge in [-0.2, -0.15) is 0 Å². The van der Waals surface area contributed by atoms with Crippen LogP contribution in [0, 0.1) is 12.8 Å². The molecule has 1 aliphatic carbocycles. The molecule has 2 aromatic rings. The van der Waals surface area contributed by atoms with E-state index in [4.69, 9.17) is 4.74 Å². The SMILES string of the molecule is Cc1nc(-c2nnn(C)c2CO)ccc1O[C@H]1CCC[C@@H](C(=O)O)C1. The third kappa shape index (κ3) is 3.63. The number of carboxylic acids is 1. The number of nitrogens with zero attached hydrogens (tertiary/aromatic N) is 4. The maximum absolute atomic E-state index is 11.2. The first-order valence-corrected chi connectivity index (χ1v) is 8.36. The van der Waals surface area contributed by atoms with Gasteiger partial charge in [0.15, 0.2) is 0 Å². The molecule has 0 saturated heterocycles. The molecule has 2 aromatic heterocycles. The lowest BCUT2D eigenvalue weighted by Crippen LogP contribution is -2.29. The number of aliphatic hydroxyl groups is 1. The largest absolute Gasteiger partial charge is 0.489 e. The Morgan fingerprint density at radius 2 is 2.20 bits per heavy atom. The maximum Gasteiger partial charge on any atom is 0.306 e. The topological polar surface area (TPSA) is 110 Å². The summed E-state index contributed by atoms with van der Waals surface area (Å²) in [4.78, 5) is 15.7. The Morgan fingerprint density at radius 3 is 2.88 bits per heavy atom. The van der Waals surface area contributed by atoms with Crippen LogP contribution in [0.2, 0.25) is 0 Å². The first-order valence-electron chi connectivity index (χ1n) is 8.36. The van der Waals surface area contributed by atoms with Crippen molar-refractivity contribution >= 4 is 5.97 Å². The summed E-state index contributed by atoms with van der Waals surface area (Å²) < 4.78 is 7.52. The minimum absolute atomic E-state index is 0.106. The number of aryl methyl sites for hydroxylation is 2. The van der Waals surface area contributed by atoms with Gasteiger partial charge in [0.05, 0.1) is 35.7 Å². The number of hydrogen-bond donors (Lipinski definition) is 2. The molecule has 8 heteroatoms. The second kappa shape index (κ2) is 7.18. The van der Waals surface area contributed by atoms with Crippen molar-refractivity contribution in [1.29, 1.82) is 0 Å². The number of ether oxygens (including phenoxy) is 1. The first-order chi connectivity index (χ1) is 12.0. The second-order valence-electron chi connectivity index (χ2n) is 6.39. The van der Waals surface area contributed by atoms with E-state index in [0.29, 0.717) is 41.4 Å². The number of aliphatic hydroxyl groups excluding tert-OH is 1. The summed E-state index contributed by atoms with van der Waals surface area (Å²) >= 11 is 0. The van der Waals surface area contributed by atoms with E-state index in [2.05, 4.69) is 15.3 Å². The quantitative estimate of drug-likeness (QED) is 0.847. The van der Waals surface area contributed by atoms with Crippen LogP contribution in [-0.4, -0.2) is 42.3 Å². The van der Waals surface area contributed by atoms with Crippen molar-refractivity contribution in [3.05, 3.63) is 23.5 Å². The molecule has 0 amide bonds. The predicted octanol–water partition coefficient (Wildman–Crippen LogP) is 1.70. The number of aliphatic carboxylic acids is 1. The van der Waals surface area contributed by atoms with Gasteiger partial charge in [0.1, 0.15) is 11.4 Å². The van der Waals surface area contributed by atoms with Gasteiger partial charge < -0.3 is 14.9 Å². The zero-order chi connectivity index (χ0) is 18.0. The lowest BCUT2D eigenvalue weighted by molar-refractivity contribution is -0.143. The number of carboxylic acid groups (broad SMARTS) is 1. The molecule has 0 radical (unpaired) electrons. The Hall–Kier alpha value is -2.48. The molecular formula is C17H22N4O4. The van der Waals surface area contributed by atoms with Crippen LogP contribution in [0.5, 0.6) is 5.75 Å². The van der Waals surface area contributed by atoms with Crippen molar-refractivity contribution < 1.29 is 19.7 Å². The van der Waals surface area contributed by atoms with Crippen molar-refractivity contribution in [2.24, 2.45) is 13.0 Å². The monoisotopic (exact) mass is 346 g/mol. The van der Waals surface area contributed by atoms with Crippen LogP contribution in [-0.2, 0) is 18.4 Å². The molecule has 0 unspecified atom stereocenters. The Balaban J connectivity index is 1.77. The molecule has 3 rings (SSSR count). The molecule has 1 saturated carbocycles. The van der Waals surface area contributed by atoms with Gasteiger partial charge in [-0.05, 0) is 44.7 Å². The lowest BCUT2D eigenvalue weighted by Gasteiger charge is -2.27. The molecular weight excluding hydrogens is 324 g/mol. The van der Waals surface area contributed by atoms with E-state index in [-0.39, 0.29) is 18.6 Å². The number of hydrogen-bond acceptors (Lipinski definition) is 6. The second-order valence-corrected chi connectivity index (χ2v) is 6.39. The van der Waals surface area contributed by atoms with Crippen LogP contribution in [0.1, 0.15) is 37.1 Å². The summed E-state index contributed by atoms with van der Waals surface area (Å²) in [6, 6.07) is 3.60. The van der Waals surface area contributed by atoms with Crippen LogP contribution in [0.4, 0.5) is 0 Å². The average Bonchev–Trinajstić information content (AvgIpc) is 2.97. The third-order valence-corrected chi connectivity index (χ3v) is 4.64. The molecule has 2 atom stereocenters. The van der Waals surface area contributed by atoms with Gasteiger partial charge in [-0.15, -0.1) is 5.10 Å². The van der Waals surface area contributed by atoms with E-state index in [9.17, 15) is 15.0 Å².